The standard InChI is InChI=1S/C22H19FN4O3/c1-29-16-6-3-14(4-7-16)11-21(28)25-18-12-15(5-8-17(18)23)19-13-27-20(24-19)9-10-22(26-27)30-2/h3-10,12-13H,11H2,1-2H3,(H,25,28). The average Bonchev–Trinajstić information content (AvgIpc) is 3.19. The van der Waals surface area contributed by atoms with E-state index < -0.39 is 5.82 Å². The van der Waals surface area contributed by atoms with E-state index >= 15 is 0 Å². The number of methoxy groups -OCH3 is 2. The summed E-state index contributed by atoms with van der Waals surface area (Å²) < 4.78 is 26.1. The number of carbonyl (C=O) groups excluding carboxylic acids is 1. The van der Waals surface area contributed by atoms with Crippen molar-refractivity contribution in [2.75, 3.05) is 19.5 Å². The van der Waals surface area contributed by atoms with Gasteiger partial charge in [0.05, 0.1) is 38.2 Å². The van der Waals surface area contributed by atoms with Gasteiger partial charge in [0.2, 0.25) is 11.8 Å². The summed E-state index contributed by atoms with van der Waals surface area (Å²) in [5.41, 5.74) is 2.76. The third-order valence-electron chi connectivity index (χ3n) is 4.56. The highest BCUT2D eigenvalue weighted by atomic mass is 19.1. The third kappa shape index (κ3) is 4.07. The fraction of sp³-hybridized carbons (Fsp3) is 0.136. The zero-order valence-electron chi connectivity index (χ0n) is 16.4. The van der Waals surface area contributed by atoms with Crippen molar-refractivity contribution >= 4 is 17.2 Å². The van der Waals surface area contributed by atoms with Crippen LogP contribution < -0.4 is 14.8 Å². The average molecular weight is 406 g/mol. The van der Waals surface area contributed by atoms with Crippen LogP contribution in [0.4, 0.5) is 10.1 Å². The number of nitrogens with one attached hydrogen (secondary N) is 1. The Morgan fingerprint density at radius 3 is 2.60 bits per heavy atom. The van der Waals surface area contributed by atoms with Crippen molar-refractivity contribution in [2.24, 2.45) is 0 Å². The molecular weight excluding hydrogens is 387 g/mol. The zero-order valence-corrected chi connectivity index (χ0v) is 16.4. The number of benzene rings is 2. The third-order valence-corrected chi connectivity index (χ3v) is 4.56. The molecule has 0 unspecified atom stereocenters. The Morgan fingerprint density at radius 2 is 1.87 bits per heavy atom. The minimum atomic E-state index is -0.523. The van der Waals surface area contributed by atoms with Gasteiger partial charge in [0.25, 0.3) is 0 Å². The molecule has 0 fully saturated rings. The molecule has 0 bridgehead atoms. The molecule has 0 aliphatic carbocycles. The minimum Gasteiger partial charge on any atom is -0.497 e. The van der Waals surface area contributed by atoms with Gasteiger partial charge in [-0.05, 0) is 42.0 Å². The molecule has 0 aliphatic heterocycles. The Labute approximate surface area is 172 Å². The van der Waals surface area contributed by atoms with Crippen molar-refractivity contribution in [3.8, 4) is 22.9 Å². The van der Waals surface area contributed by atoms with Gasteiger partial charge in [-0.1, -0.05) is 12.1 Å². The molecule has 7 nitrogen and oxygen atoms in total. The number of anilines is 1. The van der Waals surface area contributed by atoms with Gasteiger partial charge < -0.3 is 14.8 Å². The van der Waals surface area contributed by atoms with Crippen molar-refractivity contribution < 1.29 is 18.7 Å². The van der Waals surface area contributed by atoms with Gasteiger partial charge >= 0.3 is 0 Å². The van der Waals surface area contributed by atoms with Crippen LogP contribution in [0.3, 0.4) is 0 Å². The second-order valence-electron chi connectivity index (χ2n) is 6.57. The molecule has 0 spiro atoms. The molecule has 0 aliphatic rings. The number of aromatic nitrogens is 3. The predicted octanol–water partition coefficient (Wildman–Crippen LogP) is 3.73. The molecule has 30 heavy (non-hydrogen) atoms. The molecule has 1 N–H and O–H groups in total. The Kier molecular flexibility index (Phi) is 5.30. The summed E-state index contributed by atoms with van der Waals surface area (Å²) in [6.07, 6.45) is 1.83. The van der Waals surface area contributed by atoms with E-state index in [9.17, 15) is 9.18 Å². The Morgan fingerprint density at radius 1 is 1.07 bits per heavy atom. The second kappa shape index (κ2) is 8.20. The molecule has 4 rings (SSSR count). The van der Waals surface area contributed by atoms with Gasteiger partial charge in [0.15, 0.2) is 5.65 Å². The molecule has 2 aromatic heterocycles. The molecule has 0 atom stereocenters. The first-order chi connectivity index (χ1) is 14.6. The maximum atomic E-state index is 14.3. The summed E-state index contributed by atoms with van der Waals surface area (Å²) >= 11 is 0. The van der Waals surface area contributed by atoms with Crippen LogP contribution in [0.25, 0.3) is 16.9 Å². The quantitative estimate of drug-likeness (QED) is 0.528. The van der Waals surface area contributed by atoms with Gasteiger partial charge in [-0.25, -0.2) is 13.9 Å². The number of imidazole rings is 1. The number of hydrogen-bond acceptors (Lipinski definition) is 5. The summed E-state index contributed by atoms with van der Waals surface area (Å²) in [6.45, 7) is 0. The fourth-order valence-electron chi connectivity index (χ4n) is 3.02. The number of amides is 1. The van der Waals surface area contributed by atoms with E-state index in [0.29, 0.717) is 28.5 Å². The van der Waals surface area contributed by atoms with Crippen molar-refractivity contribution in [1.29, 1.82) is 0 Å². The zero-order chi connectivity index (χ0) is 21.1. The van der Waals surface area contributed by atoms with Gasteiger partial charge in [-0.15, -0.1) is 5.10 Å². The van der Waals surface area contributed by atoms with Crippen LogP contribution in [0, 0.1) is 5.82 Å². The molecule has 0 radical (unpaired) electrons. The summed E-state index contributed by atoms with van der Waals surface area (Å²) in [5, 5.41) is 6.90. The van der Waals surface area contributed by atoms with Crippen molar-refractivity contribution in [1.82, 2.24) is 14.6 Å². The highest BCUT2D eigenvalue weighted by Crippen LogP contribution is 2.25. The van der Waals surface area contributed by atoms with E-state index in [0.717, 1.165) is 5.56 Å². The van der Waals surface area contributed by atoms with E-state index in [1.54, 1.807) is 66.4 Å². The van der Waals surface area contributed by atoms with Crippen LogP contribution in [0.1, 0.15) is 5.56 Å². The summed E-state index contributed by atoms with van der Waals surface area (Å²) in [6, 6.07) is 15.1. The first-order valence-electron chi connectivity index (χ1n) is 9.19. The second-order valence-corrected chi connectivity index (χ2v) is 6.57. The molecule has 0 saturated heterocycles. The van der Waals surface area contributed by atoms with Crippen LogP contribution in [-0.2, 0) is 11.2 Å². The van der Waals surface area contributed by atoms with Gasteiger partial charge in [0.1, 0.15) is 11.6 Å². The molecule has 1 amide bonds. The number of nitrogens with zero attached hydrogens (tertiary/aromatic N) is 3. The molecule has 4 aromatic rings. The maximum Gasteiger partial charge on any atom is 0.231 e. The van der Waals surface area contributed by atoms with E-state index in [4.69, 9.17) is 9.47 Å². The Bertz CT molecular complexity index is 1200. The van der Waals surface area contributed by atoms with Crippen LogP contribution in [0.15, 0.2) is 60.8 Å². The summed E-state index contributed by atoms with van der Waals surface area (Å²) in [7, 11) is 3.11. The predicted molar refractivity (Wildman–Crippen MR) is 110 cm³/mol. The summed E-state index contributed by atoms with van der Waals surface area (Å²) in [4.78, 5) is 16.9. The van der Waals surface area contributed by atoms with Crippen LogP contribution in [0.5, 0.6) is 11.6 Å². The fourth-order valence-corrected chi connectivity index (χ4v) is 3.02. The number of ether oxygens (including phenoxy) is 2. The highest BCUT2D eigenvalue weighted by Gasteiger charge is 2.12. The number of carbonyl (C=O) groups is 1. The first kappa shape index (κ1) is 19.4. The van der Waals surface area contributed by atoms with Gasteiger partial charge in [-0.3, -0.25) is 4.79 Å². The van der Waals surface area contributed by atoms with Crippen molar-refractivity contribution in [3.05, 3.63) is 72.2 Å². The van der Waals surface area contributed by atoms with Crippen molar-refractivity contribution in [3.63, 3.8) is 0 Å². The smallest absolute Gasteiger partial charge is 0.231 e. The van der Waals surface area contributed by atoms with E-state index in [1.807, 2.05) is 0 Å². The number of fused-ring (bicyclic) bond motifs is 1. The van der Waals surface area contributed by atoms with Crippen LogP contribution >= 0.6 is 0 Å². The lowest BCUT2D eigenvalue weighted by molar-refractivity contribution is -0.115. The Hall–Kier alpha value is -3.94. The number of rotatable bonds is 6. The number of halogens is 1. The first-order valence-corrected chi connectivity index (χ1v) is 9.19. The lowest BCUT2D eigenvalue weighted by Crippen LogP contribution is -2.15. The SMILES string of the molecule is COc1ccc(CC(=O)Nc2cc(-c3cn4nc(OC)ccc4n3)ccc2F)cc1. The minimum absolute atomic E-state index is 0.0913. The van der Waals surface area contributed by atoms with E-state index in [1.165, 1.54) is 13.2 Å². The maximum absolute atomic E-state index is 14.3. The van der Waals surface area contributed by atoms with E-state index in [-0.39, 0.29) is 18.0 Å². The lowest BCUT2D eigenvalue weighted by atomic mass is 10.1. The molecule has 2 heterocycles. The largest absolute Gasteiger partial charge is 0.497 e. The highest BCUT2D eigenvalue weighted by molar-refractivity contribution is 5.93. The normalized spacial score (nSPS) is 10.8. The molecule has 2 aromatic carbocycles. The van der Waals surface area contributed by atoms with Crippen molar-refractivity contribution in [2.45, 2.75) is 6.42 Å². The van der Waals surface area contributed by atoms with E-state index in [2.05, 4.69) is 15.4 Å². The number of hydrogen-bond donors (Lipinski definition) is 1. The Balaban J connectivity index is 1.54. The van der Waals surface area contributed by atoms with Crippen LogP contribution in [-0.4, -0.2) is 34.7 Å². The molecule has 0 saturated carbocycles. The summed E-state index contributed by atoms with van der Waals surface area (Å²) in [5.74, 6) is 0.317. The van der Waals surface area contributed by atoms with Crippen LogP contribution in [0.2, 0.25) is 0 Å². The monoisotopic (exact) mass is 406 g/mol. The van der Waals surface area contributed by atoms with Gasteiger partial charge in [-0.2, -0.15) is 0 Å². The molecule has 8 heteroatoms. The van der Waals surface area contributed by atoms with Gasteiger partial charge in [0, 0.05) is 11.6 Å². The molecule has 152 valence electrons. The lowest BCUT2D eigenvalue weighted by Gasteiger charge is -2.08. The molecular formula is C22H19FN4O3. The topological polar surface area (TPSA) is 77.8 Å².